The van der Waals surface area contributed by atoms with Gasteiger partial charge < -0.3 is 4.90 Å². The number of anilines is 3. The molecule has 0 radical (unpaired) electrons. The lowest BCUT2D eigenvalue weighted by Gasteiger charge is -2.32. The van der Waals surface area contributed by atoms with E-state index in [4.69, 9.17) is 0 Å². The quantitative estimate of drug-likeness (QED) is 0.166. The molecule has 15 rings (SSSR count). The molecule has 4 aliphatic rings. The van der Waals surface area contributed by atoms with Crippen LogP contribution in [0.3, 0.4) is 0 Å². The van der Waals surface area contributed by atoms with E-state index in [1.807, 2.05) is 0 Å². The van der Waals surface area contributed by atoms with Crippen molar-refractivity contribution in [2.75, 3.05) is 4.90 Å². The molecule has 1 spiro atoms. The lowest BCUT2D eigenvalue weighted by molar-refractivity contribution is 0.660. The molecule has 0 aliphatic heterocycles. The van der Waals surface area contributed by atoms with E-state index >= 15 is 0 Å². The molecule has 1 unspecified atom stereocenters. The summed E-state index contributed by atoms with van der Waals surface area (Å²) in [6, 6.07) is 89.7. The molecule has 72 heavy (non-hydrogen) atoms. The second kappa shape index (κ2) is 14.8. The highest BCUT2D eigenvalue weighted by molar-refractivity contribution is 6.04. The summed E-state index contributed by atoms with van der Waals surface area (Å²) in [6.07, 6.45) is 0. The summed E-state index contributed by atoms with van der Waals surface area (Å²) in [5, 5.41) is 2.62. The van der Waals surface area contributed by atoms with Crippen LogP contribution >= 0.6 is 0 Å². The molecule has 0 heterocycles. The first kappa shape index (κ1) is 41.3. The van der Waals surface area contributed by atoms with Gasteiger partial charge in [-0.3, -0.25) is 0 Å². The molecule has 1 nitrogen and oxygen atoms in total. The summed E-state index contributed by atoms with van der Waals surface area (Å²) < 4.78 is 0. The molecule has 340 valence electrons. The third-order valence-corrected chi connectivity index (χ3v) is 17.3. The molecular formula is C71H51N. The van der Waals surface area contributed by atoms with Crippen molar-refractivity contribution in [1.82, 2.24) is 0 Å². The molecule has 0 fully saturated rings. The Kier molecular flexibility index (Phi) is 8.46. The molecule has 0 aromatic heterocycles. The van der Waals surface area contributed by atoms with Crippen molar-refractivity contribution in [1.29, 1.82) is 0 Å². The fourth-order valence-electron chi connectivity index (χ4n) is 13.9. The Labute approximate surface area is 422 Å². The monoisotopic (exact) mass is 917 g/mol. The zero-order valence-electron chi connectivity index (χ0n) is 41.0. The predicted molar refractivity (Wildman–Crippen MR) is 301 cm³/mol. The van der Waals surface area contributed by atoms with Gasteiger partial charge in [-0.2, -0.15) is 0 Å². The number of nitrogens with zero attached hydrogens (tertiary/aromatic N) is 1. The number of fused-ring (bicyclic) bond motifs is 18. The summed E-state index contributed by atoms with van der Waals surface area (Å²) in [6.45, 7) is 9.55. The third-order valence-electron chi connectivity index (χ3n) is 17.3. The van der Waals surface area contributed by atoms with E-state index in [1.54, 1.807) is 0 Å². The fourth-order valence-corrected chi connectivity index (χ4v) is 13.9. The molecule has 0 N–H and O–H groups in total. The summed E-state index contributed by atoms with van der Waals surface area (Å²) in [4.78, 5) is 2.55. The van der Waals surface area contributed by atoms with Gasteiger partial charge in [0.05, 0.1) is 11.1 Å². The number of hydrogen-bond donors (Lipinski definition) is 0. The molecule has 1 heteroatoms. The van der Waals surface area contributed by atoms with Gasteiger partial charge in [-0.1, -0.05) is 222 Å². The van der Waals surface area contributed by atoms with Crippen LogP contribution < -0.4 is 4.90 Å². The summed E-state index contributed by atoms with van der Waals surface area (Å²) in [5.74, 6) is 0. The number of rotatable bonds is 5. The number of benzene rings is 11. The first-order chi connectivity index (χ1) is 35.2. The van der Waals surface area contributed by atoms with Crippen molar-refractivity contribution in [3.63, 3.8) is 0 Å². The van der Waals surface area contributed by atoms with Crippen LogP contribution in [0.25, 0.3) is 77.5 Å². The highest BCUT2D eigenvalue weighted by Crippen LogP contribution is 2.65. The summed E-state index contributed by atoms with van der Waals surface area (Å²) >= 11 is 0. The van der Waals surface area contributed by atoms with Crippen molar-refractivity contribution in [3.05, 3.63) is 281 Å². The Bertz CT molecular complexity index is 4090. The maximum Gasteiger partial charge on any atom is 0.0726 e. The minimum atomic E-state index is -0.511. The third kappa shape index (κ3) is 5.43. The lowest BCUT2D eigenvalue weighted by atomic mass is 9.70. The van der Waals surface area contributed by atoms with Crippen LogP contribution in [-0.2, 0) is 16.2 Å². The fraction of sp³-hybridized carbons (Fsp3) is 0.0986. The average Bonchev–Trinajstić information content (AvgIpc) is 4.07. The van der Waals surface area contributed by atoms with Gasteiger partial charge in [0.25, 0.3) is 0 Å². The van der Waals surface area contributed by atoms with Crippen molar-refractivity contribution in [2.24, 2.45) is 0 Å². The van der Waals surface area contributed by atoms with E-state index in [-0.39, 0.29) is 10.8 Å². The van der Waals surface area contributed by atoms with Crippen molar-refractivity contribution in [3.8, 4) is 66.8 Å². The predicted octanol–water partition coefficient (Wildman–Crippen LogP) is 18.6. The Morgan fingerprint density at radius 2 is 0.778 bits per heavy atom. The molecule has 0 amide bonds. The second-order valence-corrected chi connectivity index (χ2v) is 21.5. The maximum atomic E-state index is 2.55. The van der Waals surface area contributed by atoms with Gasteiger partial charge in [-0.25, -0.2) is 0 Å². The SMILES string of the molecule is CC1(C)c2ccccc2-c2ccc(N(c3ccc(-c4ccc5c(c4)C(C)(C)c4ccc6ccccc6c4-5)cc3)c3cccc4c3-c3ccccc3C43c4ccccc4-c4ccc(-c5ccccc5)cc43)cc21. The molecular weight excluding hydrogens is 867 g/mol. The largest absolute Gasteiger partial charge is 0.310 e. The van der Waals surface area contributed by atoms with Crippen LogP contribution in [0, 0.1) is 0 Å². The number of hydrogen-bond acceptors (Lipinski definition) is 1. The first-order valence-electron chi connectivity index (χ1n) is 25.6. The van der Waals surface area contributed by atoms with Gasteiger partial charge in [-0.15, -0.1) is 0 Å². The van der Waals surface area contributed by atoms with Gasteiger partial charge in [0, 0.05) is 27.8 Å². The molecule has 0 bridgehead atoms. The van der Waals surface area contributed by atoms with Crippen molar-refractivity contribution in [2.45, 2.75) is 43.9 Å². The molecule has 11 aromatic carbocycles. The Hall–Kier alpha value is -8.52. The van der Waals surface area contributed by atoms with E-state index in [0.29, 0.717) is 0 Å². The van der Waals surface area contributed by atoms with Gasteiger partial charge in [0.15, 0.2) is 0 Å². The molecule has 0 saturated carbocycles. The van der Waals surface area contributed by atoms with Gasteiger partial charge in [0.2, 0.25) is 0 Å². The normalized spacial score (nSPS) is 16.3. The van der Waals surface area contributed by atoms with E-state index in [2.05, 4.69) is 269 Å². The Morgan fingerprint density at radius 1 is 0.278 bits per heavy atom. The molecule has 1 atom stereocenters. The van der Waals surface area contributed by atoms with Gasteiger partial charge in [-0.05, 0) is 159 Å². The van der Waals surface area contributed by atoms with E-state index < -0.39 is 5.41 Å². The highest BCUT2D eigenvalue weighted by Gasteiger charge is 2.52. The van der Waals surface area contributed by atoms with Crippen LogP contribution in [-0.4, -0.2) is 0 Å². The Morgan fingerprint density at radius 3 is 1.56 bits per heavy atom. The van der Waals surface area contributed by atoms with Gasteiger partial charge >= 0.3 is 0 Å². The van der Waals surface area contributed by atoms with Crippen LogP contribution in [0.15, 0.2) is 237 Å². The van der Waals surface area contributed by atoms with Crippen LogP contribution in [0.2, 0.25) is 0 Å². The second-order valence-electron chi connectivity index (χ2n) is 21.5. The van der Waals surface area contributed by atoms with E-state index in [0.717, 1.165) is 11.4 Å². The van der Waals surface area contributed by atoms with E-state index in [9.17, 15) is 0 Å². The minimum Gasteiger partial charge on any atom is -0.310 e. The Balaban J connectivity index is 0.931. The maximum absolute atomic E-state index is 2.55. The molecule has 11 aromatic rings. The smallest absolute Gasteiger partial charge is 0.0726 e. The standard InChI is InChI=1S/C71H51N/c1-69(2)58-24-13-10-21-52(58)54-39-36-50(43-64(54)69)72(49-34-29-45(30-35-49)47-32-38-57-63(41-47)70(3,4)61-40-33-46-19-8-9-20-51(46)67(57)61)66-28-16-27-62-68(66)56-23-12-15-26-60(56)71(62)59-25-14-11-22-53(59)55-37-31-48(42-65(55)71)44-17-6-5-7-18-44/h5-43H,1-4H3. The van der Waals surface area contributed by atoms with Crippen LogP contribution in [0.4, 0.5) is 17.1 Å². The summed E-state index contributed by atoms with van der Waals surface area (Å²) in [7, 11) is 0. The van der Waals surface area contributed by atoms with Gasteiger partial charge in [0.1, 0.15) is 0 Å². The van der Waals surface area contributed by atoms with Crippen LogP contribution in [0.1, 0.15) is 72.2 Å². The summed E-state index contributed by atoms with van der Waals surface area (Å²) in [5.41, 5.74) is 29.0. The molecule has 0 saturated heterocycles. The van der Waals surface area contributed by atoms with Crippen molar-refractivity contribution >= 4 is 27.8 Å². The zero-order valence-corrected chi connectivity index (χ0v) is 41.0. The topological polar surface area (TPSA) is 3.24 Å². The first-order valence-corrected chi connectivity index (χ1v) is 25.6. The minimum absolute atomic E-state index is 0.118. The van der Waals surface area contributed by atoms with Crippen LogP contribution in [0.5, 0.6) is 0 Å². The average molecular weight is 918 g/mol. The lowest BCUT2D eigenvalue weighted by Crippen LogP contribution is -2.26. The van der Waals surface area contributed by atoms with Crippen molar-refractivity contribution < 1.29 is 0 Å². The highest BCUT2D eigenvalue weighted by atomic mass is 15.1. The van der Waals surface area contributed by atoms with E-state index in [1.165, 1.54) is 128 Å². The zero-order chi connectivity index (χ0) is 48.1. The molecule has 4 aliphatic carbocycles.